The highest BCUT2D eigenvalue weighted by Crippen LogP contribution is 2.41. The summed E-state index contributed by atoms with van der Waals surface area (Å²) < 4.78 is 5.02. The molecule has 4 aromatic carbocycles. The van der Waals surface area contributed by atoms with E-state index in [0.717, 1.165) is 33.1 Å². The van der Waals surface area contributed by atoms with Gasteiger partial charge >= 0.3 is 0 Å². The zero-order valence-corrected chi connectivity index (χ0v) is 21.0. The van der Waals surface area contributed by atoms with Crippen LogP contribution in [0.15, 0.2) is 113 Å². The van der Waals surface area contributed by atoms with E-state index in [1.807, 2.05) is 35.7 Å². The van der Waals surface area contributed by atoms with Crippen molar-refractivity contribution in [1.29, 1.82) is 0 Å². The van der Waals surface area contributed by atoms with Gasteiger partial charge in [0, 0.05) is 42.2 Å². The van der Waals surface area contributed by atoms with Gasteiger partial charge in [-0.25, -0.2) is 0 Å². The Kier molecular flexibility index (Phi) is 5.12. The van der Waals surface area contributed by atoms with Crippen LogP contribution >= 0.6 is 23.1 Å². The highest BCUT2D eigenvalue weighted by atomic mass is 32.2. The van der Waals surface area contributed by atoms with Crippen LogP contribution < -0.4 is 0 Å². The molecule has 7 rings (SSSR count). The number of aromatic nitrogens is 2. The number of thiophene rings is 1. The molecule has 0 aliphatic heterocycles. The lowest BCUT2D eigenvalue weighted by Gasteiger charge is -2.10. The summed E-state index contributed by atoms with van der Waals surface area (Å²) in [6, 6.07) is 34.3. The summed E-state index contributed by atoms with van der Waals surface area (Å²) in [7, 11) is 0. The highest BCUT2D eigenvalue weighted by molar-refractivity contribution is 7.98. The Morgan fingerprint density at radius 3 is 2.44 bits per heavy atom. The van der Waals surface area contributed by atoms with Gasteiger partial charge in [0.05, 0.1) is 28.1 Å². The van der Waals surface area contributed by atoms with Crippen molar-refractivity contribution < 1.29 is 0 Å². The first-order valence-electron chi connectivity index (χ1n) is 11.8. The van der Waals surface area contributed by atoms with Crippen molar-refractivity contribution in [3.63, 3.8) is 0 Å². The van der Waals surface area contributed by atoms with Gasteiger partial charge in [-0.1, -0.05) is 60.7 Å². The van der Waals surface area contributed by atoms with Gasteiger partial charge in [0.15, 0.2) is 0 Å². The number of hydrogen-bond acceptors (Lipinski definition) is 4. The molecule has 3 heterocycles. The van der Waals surface area contributed by atoms with Crippen LogP contribution in [0, 0.1) is 0 Å². The number of aliphatic imine (C=N–C) groups is 1. The highest BCUT2D eigenvalue weighted by Gasteiger charge is 2.17. The Morgan fingerprint density at radius 2 is 1.56 bits per heavy atom. The quantitative estimate of drug-likeness (QED) is 0.174. The SMILES string of the molecule is C=Nc1ccccc1SCn1c2cc3sc4ccccc4c3cc2c2ncc(-c3ccccc3)cc21. The van der Waals surface area contributed by atoms with Crippen molar-refractivity contribution >= 4 is 77.6 Å². The standard InChI is InChI=1S/C31H21N3S2/c1-32-25-12-6-8-14-29(25)35-19-34-26-17-30-23(22-11-5-7-13-28(22)36-30)16-24(26)31-27(34)15-21(18-33-31)20-9-3-2-4-10-20/h2-18H,1,19H2. The number of benzene rings is 4. The molecule has 0 N–H and O–H groups in total. The van der Waals surface area contributed by atoms with E-state index in [9.17, 15) is 0 Å². The average Bonchev–Trinajstić information content (AvgIpc) is 3.45. The van der Waals surface area contributed by atoms with Crippen LogP contribution in [-0.4, -0.2) is 16.3 Å². The van der Waals surface area contributed by atoms with Crippen LogP contribution in [-0.2, 0) is 5.88 Å². The molecule has 3 aromatic heterocycles. The largest absolute Gasteiger partial charge is 0.329 e. The smallest absolute Gasteiger partial charge is 0.0960 e. The van der Waals surface area contributed by atoms with E-state index in [1.165, 1.54) is 36.6 Å². The summed E-state index contributed by atoms with van der Waals surface area (Å²) in [5.74, 6) is 0.753. The molecule has 0 fully saturated rings. The molecular formula is C31H21N3S2. The minimum Gasteiger partial charge on any atom is -0.329 e. The fraction of sp³-hybridized carbons (Fsp3) is 0.0323. The zero-order chi connectivity index (χ0) is 24.1. The number of fused-ring (bicyclic) bond motifs is 6. The first-order chi connectivity index (χ1) is 17.8. The van der Waals surface area contributed by atoms with E-state index in [2.05, 4.69) is 95.1 Å². The Hall–Kier alpha value is -3.93. The third-order valence-electron chi connectivity index (χ3n) is 6.69. The maximum atomic E-state index is 5.01. The fourth-order valence-electron chi connectivity index (χ4n) is 4.94. The van der Waals surface area contributed by atoms with Gasteiger partial charge in [0.2, 0.25) is 0 Å². The number of hydrogen-bond donors (Lipinski definition) is 0. The molecule has 0 amide bonds. The van der Waals surface area contributed by atoms with Gasteiger partial charge < -0.3 is 4.57 Å². The normalized spacial score (nSPS) is 11.7. The van der Waals surface area contributed by atoms with Crippen molar-refractivity contribution in [2.75, 3.05) is 0 Å². The van der Waals surface area contributed by atoms with Gasteiger partial charge in [0.25, 0.3) is 0 Å². The monoisotopic (exact) mass is 499 g/mol. The van der Waals surface area contributed by atoms with Crippen molar-refractivity contribution in [1.82, 2.24) is 9.55 Å². The van der Waals surface area contributed by atoms with Crippen LogP contribution in [0.3, 0.4) is 0 Å². The summed E-state index contributed by atoms with van der Waals surface area (Å²) in [5, 5.41) is 3.79. The van der Waals surface area contributed by atoms with E-state index in [0.29, 0.717) is 0 Å². The molecule has 0 atom stereocenters. The van der Waals surface area contributed by atoms with Crippen LogP contribution in [0.25, 0.3) is 53.2 Å². The van der Waals surface area contributed by atoms with Crippen molar-refractivity contribution in [3.05, 3.63) is 103 Å². The molecule has 36 heavy (non-hydrogen) atoms. The molecule has 0 aliphatic rings. The van der Waals surface area contributed by atoms with E-state index in [1.54, 1.807) is 11.8 Å². The molecule has 0 spiro atoms. The number of para-hydroxylation sites is 1. The first-order valence-corrected chi connectivity index (χ1v) is 13.6. The summed E-state index contributed by atoms with van der Waals surface area (Å²) in [6.45, 7) is 3.76. The van der Waals surface area contributed by atoms with Crippen molar-refractivity contribution in [2.45, 2.75) is 10.8 Å². The third-order valence-corrected chi connectivity index (χ3v) is 8.87. The molecule has 5 heteroatoms. The molecule has 0 unspecified atom stereocenters. The van der Waals surface area contributed by atoms with Crippen LogP contribution in [0.4, 0.5) is 5.69 Å². The van der Waals surface area contributed by atoms with E-state index in [4.69, 9.17) is 4.98 Å². The molecule has 0 radical (unpaired) electrons. The number of pyridine rings is 1. The molecule has 0 bridgehead atoms. The minimum atomic E-state index is 0.753. The number of nitrogens with zero attached hydrogens (tertiary/aromatic N) is 3. The second-order valence-electron chi connectivity index (χ2n) is 8.75. The second-order valence-corrected chi connectivity index (χ2v) is 10.8. The number of thioether (sulfide) groups is 1. The molecule has 0 saturated heterocycles. The maximum absolute atomic E-state index is 5.01. The first kappa shape index (κ1) is 21.4. The topological polar surface area (TPSA) is 30.2 Å². The molecule has 7 aromatic rings. The van der Waals surface area contributed by atoms with E-state index >= 15 is 0 Å². The van der Waals surface area contributed by atoms with Crippen LogP contribution in [0.1, 0.15) is 0 Å². The second kappa shape index (κ2) is 8.63. The van der Waals surface area contributed by atoms with Gasteiger partial charge in [-0.3, -0.25) is 9.98 Å². The van der Waals surface area contributed by atoms with Gasteiger partial charge in [-0.15, -0.1) is 23.1 Å². The number of rotatable bonds is 5. The lowest BCUT2D eigenvalue weighted by molar-refractivity contribution is 0.982. The van der Waals surface area contributed by atoms with Crippen LogP contribution in [0.2, 0.25) is 0 Å². The summed E-state index contributed by atoms with van der Waals surface area (Å²) in [6.07, 6.45) is 2.00. The maximum Gasteiger partial charge on any atom is 0.0960 e. The molecule has 3 nitrogen and oxygen atoms in total. The Bertz CT molecular complexity index is 1920. The molecule has 0 aliphatic carbocycles. The Balaban J connectivity index is 1.47. The fourth-order valence-corrected chi connectivity index (χ4v) is 7.06. The summed E-state index contributed by atoms with van der Waals surface area (Å²) >= 11 is 3.63. The van der Waals surface area contributed by atoms with E-state index < -0.39 is 0 Å². The zero-order valence-electron chi connectivity index (χ0n) is 19.4. The summed E-state index contributed by atoms with van der Waals surface area (Å²) in [4.78, 5) is 10.4. The third kappa shape index (κ3) is 3.43. The van der Waals surface area contributed by atoms with Crippen molar-refractivity contribution in [3.8, 4) is 11.1 Å². The molecule has 0 saturated carbocycles. The Morgan fingerprint density at radius 1 is 0.750 bits per heavy atom. The molecule has 172 valence electrons. The van der Waals surface area contributed by atoms with Crippen molar-refractivity contribution in [2.24, 2.45) is 4.99 Å². The average molecular weight is 500 g/mol. The van der Waals surface area contributed by atoms with Gasteiger partial charge in [-0.2, -0.15) is 0 Å². The predicted octanol–water partition coefficient (Wildman–Crippen LogP) is 9.31. The predicted molar refractivity (Wildman–Crippen MR) is 157 cm³/mol. The van der Waals surface area contributed by atoms with Gasteiger partial charge in [-0.05, 0) is 48.7 Å². The minimum absolute atomic E-state index is 0.753. The molecular weight excluding hydrogens is 478 g/mol. The lowest BCUT2D eigenvalue weighted by atomic mass is 10.1. The van der Waals surface area contributed by atoms with Crippen LogP contribution in [0.5, 0.6) is 0 Å². The van der Waals surface area contributed by atoms with E-state index in [-0.39, 0.29) is 0 Å². The summed E-state index contributed by atoms with van der Waals surface area (Å²) in [5.41, 5.74) is 6.60. The lowest BCUT2D eigenvalue weighted by Crippen LogP contribution is -1.95. The van der Waals surface area contributed by atoms with Gasteiger partial charge in [0.1, 0.15) is 0 Å². The Labute approximate surface area is 216 Å².